The summed E-state index contributed by atoms with van der Waals surface area (Å²) in [5.41, 5.74) is 24.3. The van der Waals surface area contributed by atoms with E-state index in [1.54, 1.807) is 108 Å². The molecule has 0 unspecified atom stereocenters. The van der Waals surface area contributed by atoms with Crippen molar-refractivity contribution in [3.05, 3.63) is 71.8 Å². The topological polar surface area (TPSA) is 566 Å². The van der Waals surface area contributed by atoms with Gasteiger partial charge < -0.3 is 107 Å². The minimum Gasteiger partial charge on any atom is -0.480 e. The molecule has 25 N–H and O–H groups in total. The number of hydrogen-bond acceptors (Lipinski definition) is 19. The summed E-state index contributed by atoms with van der Waals surface area (Å²) >= 11 is 0. The van der Waals surface area contributed by atoms with Gasteiger partial charge >= 0.3 is 5.97 Å². The first kappa shape index (κ1) is 78.2. The van der Waals surface area contributed by atoms with Crippen molar-refractivity contribution >= 4 is 76.9 Å². The second-order valence-corrected chi connectivity index (χ2v) is 22.6. The van der Waals surface area contributed by atoms with Crippen LogP contribution in [0.4, 0.5) is 0 Å². The fourth-order valence-corrected chi connectivity index (χ4v) is 8.79. The van der Waals surface area contributed by atoms with Crippen molar-refractivity contribution in [1.82, 2.24) is 58.5 Å². The van der Waals surface area contributed by atoms with E-state index in [9.17, 15) is 83.1 Å². The van der Waals surface area contributed by atoms with E-state index >= 15 is 0 Å². The lowest BCUT2D eigenvalue weighted by atomic mass is 9.96. The molecule has 11 amide bonds. The Morgan fingerprint density at radius 3 is 1.52 bits per heavy atom. The molecule has 2 rings (SSSR count). The van der Waals surface area contributed by atoms with Crippen molar-refractivity contribution in [1.29, 1.82) is 5.41 Å². The van der Waals surface area contributed by atoms with Crippen molar-refractivity contribution in [2.24, 2.45) is 40.7 Å². The average Bonchev–Trinajstić information content (AvgIpc) is 1.46. The second-order valence-electron chi connectivity index (χ2n) is 22.6. The molecule has 0 aromatic heterocycles. The van der Waals surface area contributed by atoms with E-state index in [1.165, 1.54) is 0 Å². The average molecular weight is 1290 g/mol. The highest BCUT2D eigenvalue weighted by atomic mass is 16.4. The van der Waals surface area contributed by atoms with Gasteiger partial charge in [0.25, 0.3) is 0 Å². The van der Waals surface area contributed by atoms with Crippen LogP contribution in [0.15, 0.2) is 60.7 Å². The monoisotopic (exact) mass is 1280 g/mol. The number of aliphatic carboxylic acids is 1. The van der Waals surface area contributed by atoms with E-state index in [0.29, 0.717) is 5.56 Å². The molecule has 2 aromatic carbocycles. The number of benzene rings is 2. The lowest BCUT2D eigenvalue weighted by Gasteiger charge is -2.31. The van der Waals surface area contributed by atoms with Crippen LogP contribution in [0, 0.1) is 23.2 Å². The molecule has 0 saturated heterocycles. The molecule has 0 aliphatic heterocycles. The molecule has 506 valence electrons. The number of amides is 11. The molecule has 0 bridgehead atoms. The van der Waals surface area contributed by atoms with Gasteiger partial charge in [-0.1, -0.05) is 109 Å². The lowest BCUT2D eigenvalue weighted by molar-refractivity contribution is -0.145. The van der Waals surface area contributed by atoms with Crippen LogP contribution in [0.5, 0.6) is 0 Å². The number of aliphatic hydroxyl groups is 4. The van der Waals surface area contributed by atoms with Crippen LogP contribution in [0.1, 0.15) is 85.3 Å². The zero-order chi connectivity index (χ0) is 68.8. The predicted octanol–water partition coefficient (Wildman–Crippen LogP) is -7.09. The smallest absolute Gasteiger partial charge is 0.328 e. The van der Waals surface area contributed by atoms with Gasteiger partial charge in [0, 0.05) is 19.5 Å². The maximum atomic E-state index is 14.5. The van der Waals surface area contributed by atoms with Crippen LogP contribution >= 0.6 is 0 Å². The number of carboxylic acid groups (broad SMARTS) is 1. The second kappa shape index (κ2) is 39.3. The number of carbonyl (C=O) groups is 12. The Labute approximate surface area is 526 Å². The Hall–Kier alpha value is -8.89. The van der Waals surface area contributed by atoms with E-state index in [0.717, 1.165) is 12.5 Å². The summed E-state index contributed by atoms with van der Waals surface area (Å²) in [6.07, 6.45) is -5.66. The predicted molar refractivity (Wildman–Crippen MR) is 328 cm³/mol. The molecule has 2 aromatic rings. The summed E-state index contributed by atoms with van der Waals surface area (Å²) in [5.74, 6) is -16.0. The molecule has 91 heavy (non-hydrogen) atoms. The standard InChI is InChI=1S/C58H92N16O17/c1-8-30(6)41(54(87)73-42(31(7)76)53(86)65-26-40(77)71-44(46(79)47(61)80)56(89)70-39(27-75)57(90)91)72-49(82)35(20-15-21-64-58(62)63)66-50(83)36(22-28(2)3)68-55(88)43(45(78)29(4)5)74-52(85)38(25-59)69-51(84)37(24-33-18-13-10-14-19-33)67-48(81)34(60)23-32-16-11-9-12-17-32/h9-14,16-19,28-31,34-39,41-46,75-76,78-79H,8,15,20-27,59-60H2,1-7H3,(H2,61,80)(H,65,86)(H,66,83)(H,67,81)(H,68,88)(H,69,84)(H,70,89)(H,71,77)(H,72,82)(H,73,87)(H,74,85)(H,90,91)(H4,62,63,64)/t30-,31-,34+,35+,36-,37-,38-,39-,41-,42-,43-,44-,45+,46-/m0/s1. The van der Waals surface area contributed by atoms with Crippen molar-refractivity contribution in [3.63, 3.8) is 0 Å². The Bertz CT molecular complexity index is 2780. The third-order valence-corrected chi connectivity index (χ3v) is 14.3. The van der Waals surface area contributed by atoms with Crippen LogP contribution in [-0.2, 0) is 70.4 Å². The highest BCUT2D eigenvalue weighted by Gasteiger charge is 2.40. The Kier molecular flexibility index (Phi) is 33.8. The van der Waals surface area contributed by atoms with Gasteiger partial charge in [-0.2, -0.15) is 0 Å². The van der Waals surface area contributed by atoms with Gasteiger partial charge in [-0.3, -0.25) is 58.1 Å². The van der Waals surface area contributed by atoms with Crippen LogP contribution < -0.4 is 81.4 Å². The van der Waals surface area contributed by atoms with Crippen LogP contribution in [0.2, 0.25) is 0 Å². The summed E-state index contributed by atoms with van der Waals surface area (Å²) in [6.45, 7) is 8.12. The molecule has 0 aliphatic rings. The van der Waals surface area contributed by atoms with Crippen LogP contribution in [0.25, 0.3) is 0 Å². The molecule has 0 fully saturated rings. The number of nitrogens with two attached hydrogens (primary N) is 4. The zero-order valence-corrected chi connectivity index (χ0v) is 52.0. The number of carboxylic acids is 1. The number of hydrogen-bond donors (Lipinski definition) is 21. The molecule has 0 aliphatic carbocycles. The van der Waals surface area contributed by atoms with E-state index < -0.39 is 187 Å². The van der Waals surface area contributed by atoms with Gasteiger partial charge in [0.2, 0.25) is 65.0 Å². The summed E-state index contributed by atoms with van der Waals surface area (Å²) in [7, 11) is 0. The summed E-state index contributed by atoms with van der Waals surface area (Å²) in [5, 5.41) is 84.5. The van der Waals surface area contributed by atoms with Gasteiger partial charge in [0.1, 0.15) is 54.4 Å². The molecule has 33 nitrogen and oxygen atoms in total. The normalized spacial score (nSPS) is 15.8. The van der Waals surface area contributed by atoms with Crippen molar-refractivity contribution in [3.8, 4) is 0 Å². The third-order valence-electron chi connectivity index (χ3n) is 14.3. The van der Waals surface area contributed by atoms with Gasteiger partial charge in [-0.05, 0) is 61.5 Å². The maximum Gasteiger partial charge on any atom is 0.328 e. The molecule has 0 spiro atoms. The molecule has 33 heteroatoms. The van der Waals surface area contributed by atoms with Crippen molar-refractivity contribution in [2.45, 2.75) is 166 Å². The first-order valence-corrected chi connectivity index (χ1v) is 29.5. The molecule has 0 heterocycles. The lowest BCUT2D eigenvalue weighted by Crippen LogP contribution is -2.64. The summed E-state index contributed by atoms with van der Waals surface area (Å²) < 4.78 is 0. The van der Waals surface area contributed by atoms with E-state index in [-0.39, 0.29) is 51.0 Å². The quantitative estimate of drug-likeness (QED) is 0.0167. The van der Waals surface area contributed by atoms with E-state index in [2.05, 4.69) is 47.9 Å². The Balaban J connectivity index is 2.42. The first-order valence-electron chi connectivity index (χ1n) is 29.5. The van der Waals surface area contributed by atoms with E-state index in [1.807, 2.05) is 5.32 Å². The molecular formula is C58H92N16O17. The Morgan fingerprint density at radius 2 is 1.01 bits per heavy atom. The van der Waals surface area contributed by atoms with E-state index in [4.69, 9.17) is 28.3 Å². The summed E-state index contributed by atoms with van der Waals surface area (Å²) in [6, 6.07) is 1.39. The maximum absolute atomic E-state index is 14.5. The zero-order valence-electron chi connectivity index (χ0n) is 52.0. The largest absolute Gasteiger partial charge is 0.480 e. The number of nitrogens with one attached hydrogen (secondary N) is 12. The first-order chi connectivity index (χ1) is 42.8. The molecule has 0 saturated carbocycles. The van der Waals surface area contributed by atoms with Gasteiger partial charge in [0.15, 0.2) is 12.1 Å². The van der Waals surface area contributed by atoms with Crippen LogP contribution in [-0.4, -0.2) is 207 Å². The highest BCUT2D eigenvalue weighted by Crippen LogP contribution is 2.15. The third kappa shape index (κ3) is 27.0. The number of guanidine groups is 1. The van der Waals surface area contributed by atoms with Crippen LogP contribution in [0.3, 0.4) is 0 Å². The minimum atomic E-state index is -2.44. The fraction of sp³-hybridized carbons (Fsp3) is 0.569. The molecular weight excluding hydrogens is 1190 g/mol. The number of rotatable bonds is 40. The van der Waals surface area contributed by atoms with Crippen molar-refractivity contribution < 1.29 is 83.1 Å². The molecule has 14 atom stereocenters. The van der Waals surface area contributed by atoms with Gasteiger partial charge in [0.05, 0.1) is 31.4 Å². The number of carbonyl (C=O) groups excluding carboxylic acids is 11. The number of primary amides is 1. The Morgan fingerprint density at radius 1 is 0.538 bits per heavy atom. The molecule has 0 radical (unpaired) electrons. The SMILES string of the molecule is CC[C@H](C)[C@H](NC(=O)[C@@H](CCCNC(=N)N)NC(=O)[C@H](CC(C)C)NC(=O)[C@@H](NC(=O)[C@H](CN)NC(=O)[C@H](Cc1ccccc1)NC(=O)[C@H](N)Cc1ccccc1)[C@H](O)C(C)C)C(=O)N[C@H](C(=O)NCC(=O)N[C@H](C(=O)N[C@@H](CO)C(=O)O)[C@H](O)C(N)=O)[C@H](C)O. The highest BCUT2D eigenvalue weighted by molar-refractivity contribution is 6.00. The van der Waals surface area contributed by atoms with Gasteiger partial charge in [-0.15, -0.1) is 0 Å². The minimum absolute atomic E-state index is 0.0120. The number of aliphatic hydroxyl groups excluding tert-OH is 4. The fourth-order valence-electron chi connectivity index (χ4n) is 8.79. The van der Waals surface area contributed by atoms with Crippen molar-refractivity contribution in [2.75, 3.05) is 26.2 Å². The van der Waals surface area contributed by atoms with Gasteiger partial charge in [-0.25, -0.2) is 4.79 Å². The summed E-state index contributed by atoms with van der Waals surface area (Å²) in [4.78, 5) is 161.